The van der Waals surface area contributed by atoms with Gasteiger partial charge < -0.3 is 10.1 Å². The molecule has 0 fully saturated rings. The Kier molecular flexibility index (Phi) is 1.98. The lowest BCUT2D eigenvalue weighted by molar-refractivity contribution is 0.0981. The zero-order valence-electron chi connectivity index (χ0n) is 7.33. The quantitative estimate of drug-likeness (QED) is 0.675. The Morgan fingerprint density at radius 1 is 1.46 bits per heavy atom. The summed E-state index contributed by atoms with van der Waals surface area (Å²) in [6.45, 7) is 1.04. The zero-order valence-corrected chi connectivity index (χ0v) is 7.33. The first-order valence-electron chi connectivity index (χ1n) is 4.09. The Hall–Kier alpha value is -1.42. The topological polar surface area (TPSA) is 51.2 Å². The van der Waals surface area contributed by atoms with Gasteiger partial charge in [0, 0.05) is 18.2 Å². The number of pyridine rings is 1. The first-order chi connectivity index (χ1) is 6.31. The number of methoxy groups -OCH3 is 1. The molecule has 0 saturated heterocycles. The Morgan fingerprint density at radius 3 is 3.08 bits per heavy atom. The summed E-state index contributed by atoms with van der Waals surface area (Å²) in [4.78, 5) is 15.5. The van der Waals surface area contributed by atoms with Crippen LogP contribution in [0.3, 0.4) is 0 Å². The van der Waals surface area contributed by atoms with Crippen LogP contribution in [0.15, 0.2) is 12.1 Å². The molecule has 13 heavy (non-hydrogen) atoms. The molecule has 2 heterocycles. The van der Waals surface area contributed by atoms with Crippen molar-refractivity contribution in [3.05, 3.63) is 23.4 Å². The second-order valence-corrected chi connectivity index (χ2v) is 2.87. The van der Waals surface area contributed by atoms with Crippen molar-refractivity contribution in [1.82, 2.24) is 10.3 Å². The molecule has 1 aliphatic rings. The van der Waals surface area contributed by atoms with Crippen molar-refractivity contribution < 1.29 is 9.53 Å². The molecule has 4 nitrogen and oxygen atoms in total. The molecule has 68 valence electrons. The highest BCUT2D eigenvalue weighted by Gasteiger charge is 2.17. The number of nitrogens with one attached hydrogen (secondary N) is 1. The third-order valence-corrected chi connectivity index (χ3v) is 2.04. The van der Waals surface area contributed by atoms with Gasteiger partial charge in [0.1, 0.15) is 0 Å². The molecule has 1 aliphatic heterocycles. The van der Waals surface area contributed by atoms with Crippen LogP contribution in [0.1, 0.15) is 16.1 Å². The largest absolute Gasteiger partial charge is 0.481 e. The number of Topliss-reactive ketones (excluding diaryl/α,β-unsaturated/α-hetero) is 1. The maximum absolute atomic E-state index is 11.3. The molecule has 0 bridgehead atoms. The van der Waals surface area contributed by atoms with E-state index in [1.54, 1.807) is 19.2 Å². The van der Waals surface area contributed by atoms with Crippen molar-refractivity contribution in [2.45, 2.75) is 6.54 Å². The number of ether oxygens (including phenoxy) is 1. The normalized spacial score (nSPS) is 15.3. The molecule has 0 radical (unpaired) electrons. The number of carbonyl (C=O) groups is 1. The maximum Gasteiger partial charge on any atom is 0.213 e. The summed E-state index contributed by atoms with van der Waals surface area (Å²) in [7, 11) is 1.56. The van der Waals surface area contributed by atoms with E-state index in [0.717, 1.165) is 5.69 Å². The van der Waals surface area contributed by atoms with Crippen LogP contribution in [0.25, 0.3) is 0 Å². The maximum atomic E-state index is 11.3. The van der Waals surface area contributed by atoms with Crippen LogP contribution in [0.4, 0.5) is 0 Å². The van der Waals surface area contributed by atoms with Crippen LogP contribution in [-0.2, 0) is 6.54 Å². The van der Waals surface area contributed by atoms with Crippen molar-refractivity contribution in [3.63, 3.8) is 0 Å². The van der Waals surface area contributed by atoms with Crippen LogP contribution in [0, 0.1) is 0 Å². The lowest BCUT2D eigenvalue weighted by Gasteiger charge is -2.14. The second kappa shape index (κ2) is 3.14. The summed E-state index contributed by atoms with van der Waals surface area (Å²) >= 11 is 0. The van der Waals surface area contributed by atoms with Crippen molar-refractivity contribution in [1.29, 1.82) is 0 Å². The first kappa shape index (κ1) is 8.19. The number of carbonyl (C=O) groups excluding carboxylic acids is 1. The van der Waals surface area contributed by atoms with Crippen LogP contribution < -0.4 is 10.1 Å². The van der Waals surface area contributed by atoms with Gasteiger partial charge in [0.05, 0.1) is 19.3 Å². The van der Waals surface area contributed by atoms with Gasteiger partial charge in [-0.2, -0.15) is 0 Å². The smallest absolute Gasteiger partial charge is 0.213 e. The van der Waals surface area contributed by atoms with Gasteiger partial charge in [-0.1, -0.05) is 0 Å². The SMILES string of the molecule is COc1ccc2c(n1)CNCC2=O. The molecule has 4 heteroatoms. The molecular weight excluding hydrogens is 168 g/mol. The number of aromatic nitrogens is 1. The molecule has 2 rings (SSSR count). The van der Waals surface area contributed by atoms with Crippen LogP contribution >= 0.6 is 0 Å². The molecule has 0 aromatic carbocycles. The van der Waals surface area contributed by atoms with E-state index in [-0.39, 0.29) is 5.78 Å². The number of rotatable bonds is 1. The Bertz CT molecular complexity index is 349. The van der Waals surface area contributed by atoms with Crippen LogP contribution in [0.5, 0.6) is 5.88 Å². The van der Waals surface area contributed by atoms with E-state index in [1.807, 2.05) is 0 Å². The number of fused-ring (bicyclic) bond motifs is 1. The number of nitrogens with zero attached hydrogens (tertiary/aromatic N) is 1. The van der Waals surface area contributed by atoms with E-state index in [9.17, 15) is 4.79 Å². The second-order valence-electron chi connectivity index (χ2n) is 2.87. The fourth-order valence-electron chi connectivity index (χ4n) is 1.37. The van der Waals surface area contributed by atoms with Crippen LogP contribution in [-0.4, -0.2) is 24.4 Å². The fraction of sp³-hybridized carbons (Fsp3) is 0.333. The van der Waals surface area contributed by atoms with Crippen LogP contribution in [0.2, 0.25) is 0 Å². The fourth-order valence-corrected chi connectivity index (χ4v) is 1.37. The number of ketones is 1. The summed E-state index contributed by atoms with van der Waals surface area (Å²) in [5.74, 6) is 0.645. The Balaban J connectivity index is 2.45. The molecule has 1 aromatic heterocycles. The van der Waals surface area contributed by atoms with Gasteiger partial charge in [-0.25, -0.2) is 4.98 Å². The van der Waals surface area contributed by atoms with Crippen molar-refractivity contribution in [2.24, 2.45) is 0 Å². The molecule has 1 aromatic rings. The minimum Gasteiger partial charge on any atom is -0.481 e. The lowest BCUT2D eigenvalue weighted by atomic mass is 10.1. The zero-order chi connectivity index (χ0) is 9.26. The van der Waals surface area contributed by atoms with Gasteiger partial charge in [-0.05, 0) is 6.07 Å². The first-order valence-corrected chi connectivity index (χ1v) is 4.09. The predicted molar refractivity (Wildman–Crippen MR) is 46.8 cm³/mol. The number of hydrogen-bond donors (Lipinski definition) is 1. The highest BCUT2D eigenvalue weighted by molar-refractivity contribution is 5.99. The van der Waals surface area contributed by atoms with Gasteiger partial charge in [0.15, 0.2) is 5.78 Å². The Morgan fingerprint density at radius 2 is 2.31 bits per heavy atom. The summed E-state index contributed by atoms with van der Waals surface area (Å²) in [6, 6.07) is 3.48. The van der Waals surface area contributed by atoms with Gasteiger partial charge in [-0.15, -0.1) is 0 Å². The molecule has 1 N–H and O–H groups in total. The third-order valence-electron chi connectivity index (χ3n) is 2.04. The summed E-state index contributed by atoms with van der Waals surface area (Å²) in [5.41, 5.74) is 1.48. The molecule has 0 saturated carbocycles. The molecule has 0 unspecified atom stereocenters. The summed E-state index contributed by atoms with van der Waals surface area (Å²) in [5, 5.41) is 2.97. The predicted octanol–water partition coefficient (Wildman–Crippen LogP) is 0.376. The van der Waals surface area contributed by atoms with E-state index in [1.165, 1.54) is 0 Å². The van der Waals surface area contributed by atoms with E-state index in [2.05, 4.69) is 10.3 Å². The van der Waals surface area contributed by atoms with E-state index in [4.69, 9.17) is 4.74 Å². The van der Waals surface area contributed by atoms with Gasteiger partial charge in [0.25, 0.3) is 0 Å². The Labute approximate surface area is 75.9 Å². The van der Waals surface area contributed by atoms with Crippen molar-refractivity contribution >= 4 is 5.78 Å². The average Bonchev–Trinajstić information content (AvgIpc) is 2.18. The molecule has 0 amide bonds. The molecule has 0 spiro atoms. The highest BCUT2D eigenvalue weighted by atomic mass is 16.5. The van der Waals surface area contributed by atoms with E-state index >= 15 is 0 Å². The number of hydrogen-bond acceptors (Lipinski definition) is 4. The van der Waals surface area contributed by atoms with E-state index in [0.29, 0.717) is 24.5 Å². The van der Waals surface area contributed by atoms with Crippen molar-refractivity contribution in [2.75, 3.05) is 13.7 Å². The van der Waals surface area contributed by atoms with E-state index < -0.39 is 0 Å². The van der Waals surface area contributed by atoms with Gasteiger partial charge in [0.2, 0.25) is 5.88 Å². The average molecular weight is 178 g/mol. The summed E-state index contributed by atoms with van der Waals surface area (Å²) in [6.07, 6.45) is 0. The van der Waals surface area contributed by atoms with Gasteiger partial charge >= 0.3 is 0 Å². The highest BCUT2D eigenvalue weighted by Crippen LogP contribution is 2.15. The molecular formula is C9H10N2O2. The van der Waals surface area contributed by atoms with Crippen molar-refractivity contribution in [3.8, 4) is 5.88 Å². The molecule has 0 aliphatic carbocycles. The molecule has 0 atom stereocenters. The monoisotopic (exact) mass is 178 g/mol. The summed E-state index contributed by atoms with van der Waals surface area (Å²) < 4.78 is 4.97. The van der Waals surface area contributed by atoms with Gasteiger partial charge in [-0.3, -0.25) is 4.79 Å². The lowest BCUT2D eigenvalue weighted by Crippen LogP contribution is -2.30. The third kappa shape index (κ3) is 1.40. The standard InChI is InChI=1S/C9H10N2O2/c1-13-9-3-2-6-7(11-9)4-10-5-8(6)12/h2-3,10H,4-5H2,1H3. The minimum absolute atomic E-state index is 0.0939. The minimum atomic E-state index is 0.0939.